The van der Waals surface area contributed by atoms with Gasteiger partial charge in [0.15, 0.2) is 0 Å². The highest BCUT2D eigenvalue weighted by Gasteiger charge is 2.30. The molecule has 104 valence electrons. The van der Waals surface area contributed by atoms with Gasteiger partial charge in [-0.2, -0.15) is 8.78 Å². The number of halogens is 3. The zero-order chi connectivity index (χ0) is 14.6. The first-order valence-electron chi connectivity index (χ1n) is 5.98. The van der Waals surface area contributed by atoms with E-state index in [2.05, 4.69) is 20.9 Å². The van der Waals surface area contributed by atoms with E-state index in [-0.39, 0.29) is 5.56 Å². The Hall–Kier alpha value is -1.75. The number of benzene rings is 2. The fourth-order valence-corrected chi connectivity index (χ4v) is 2.20. The summed E-state index contributed by atoms with van der Waals surface area (Å²) in [6.07, 6.45) is 1.37. The highest BCUT2D eigenvalue weighted by molar-refractivity contribution is 9.10. The maximum atomic E-state index is 13.9. The average Bonchev–Trinajstić information content (AvgIpc) is 2.43. The lowest BCUT2D eigenvalue weighted by molar-refractivity contribution is 0.00669. The van der Waals surface area contributed by atoms with Crippen LogP contribution in [0.25, 0.3) is 0 Å². The molecular formula is C15H13BrF2N2. The molecule has 20 heavy (non-hydrogen) atoms. The van der Waals surface area contributed by atoms with Gasteiger partial charge >= 0.3 is 0 Å². The number of alkyl halides is 2. The summed E-state index contributed by atoms with van der Waals surface area (Å²) in [6, 6.07) is 12.9. The van der Waals surface area contributed by atoms with Crippen molar-refractivity contribution in [1.82, 2.24) is 0 Å². The molecule has 0 radical (unpaired) electrons. The predicted octanol–water partition coefficient (Wildman–Crippen LogP) is 4.24. The molecular weight excluding hydrogens is 326 g/mol. The van der Waals surface area contributed by atoms with E-state index < -0.39 is 12.5 Å². The third-order valence-corrected chi connectivity index (χ3v) is 3.48. The van der Waals surface area contributed by atoms with Crippen molar-refractivity contribution in [1.29, 1.82) is 0 Å². The van der Waals surface area contributed by atoms with Crippen LogP contribution in [0.1, 0.15) is 11.1 Å². The van der Waals surface area contributed by atoms with Gasteiger partial charge in [0.2, 0.25) is 0 Å². The molecule has 0 unspecified atom stereocenters. The summed E-state index contributed by atoms with van der Waals surface area (Å²) in [5.74, 6) is -2.99. The molecule has 2 nitrogen and oxygen atoms in total. The van der Waals surface area contributed by atoms with E-state index >= 15 is 0 Å². The zero-order valence-electron chi connectivity index (χ0n) is 10.6. The van der Waals surface area contributed by atoms with Gasteiger partial charge in [0.05, 0.1) is 0 Å². The van der Waals surface area contributed by atoms with Gasteiger partial charge in [0, 0.05) is 27.5 Å². The van der Waals surface area contributed by atoms with Crippen molar-refractivity contribution >= 4 is 27.8 Å². The topological polar surface area (TPSA) is 38.4 Å². The van der Waals surface area contributed by atoms with Gasteiger partial charge in [-0.1, -0.05) is 52.3 Å². The molecule has 0 amide bonds. The first-order chi connectivity index (χ1) is 9.50. The molecule has 0 fully saturated rings. The molecule has 0 saturated heterocycles. The van der Waals surface area contributed by atoms with Crippen molar-refractivity contribution in [3.8, 4) is 0 Å². The van der Waals surface area contributed by atoms with E-state index in [0.717, 1.165) is 4.47 Å². The standard InChI is InChI=1S/C15H13BrF2N2/c16-13-7-4-8-14(19)12(13)9-20-10-15(17,18)11-5-2-1-3-6-11/h1-9H,10,19H2. The summed E-state index contributed by atoms with van der Waals surface area (Å²) < 4.78 is 28.5. The van der Waals surface area contributed by atoms with Crippen LogP contribution in [0, 0.1) is 0 Å². The molecule has 2 aromatic rings. The molecule has 5 heteroatoms. The second-order valence-electron chi connectivity index (χ2n) is 4.28. The molecule has 0 atom stereocenters. The van der Waals surface area contributed by atoms with E-state index in [1.165, 1.54) is 18.3 Å². The first kappa shape index (κ1) is 14.7. The van der Waals surface area contributed by atoms with E-state index in [0.29, 0.717) is 11.3 Å². The Morgan fingerprint density at radius 2 is 1.80 bits per heavy atom. The van der Waals surface area contributed by atoms with Crippen LogP contribution in [0.5, 0.6) is 0 Å². The Morgan fingerprint density at radius 3 is 2.45 bits per heavy atom. The van der Waals surface area contributed by atoms with Crippen molar-refractivity contribution in [2.75, 3.05) is 12.3 Å². The van der Waals surface area contributed by atoms with Crippen LogP contribution >= 0.6 is 15.9 Å². The minimum Gasteiger partial charge on any atom is -0.398 e. The van der Waals surface area contributed by atoms with Crippen LogP contribution in [0.3, 0.4) is 0 Å². The third-order valence-electron chi connectivity index (χ3n) is 2.79. The average molecular weight is 339 g/mol. The van der Waals surface area contributed by atoms with Gasteiger partial charge in [-0.25, -0.2) is 0 Å². The minimum atomic E-state index is -2.99. The van der Waals surface area contributed by atoms with Gasteiger partial charge in [-0.3, -0.25) is 4.99 Å². The normalized spacial score (nSPS) is 11.9. The lowest BCUT2D eigenvalue weighted by Gasteiger charge is -2.13. The smallest absolute Gasteiger partial charge is 0.292 e. The first-order valence-corrected chi connectivity index (χ1v) is 6.77. The van der Waals surface area contributed by atoms with Crippen molar-refractivity contribution in [2.24, 2.45) is 4.99 Å². The van der Waals surface area contributed by atoms with E-state index in [9.17, 15) is 8.78 Å². The van der Waals surface area contributed by atoms with Crippen LogP contribution in [0.2, 0.25) is 0 Å². The fraction of sp³-hybridized carbons (Fsp3) is 0.133. The molecule has 0 heterocycles. The third kappa shape index (κ3) is 3.42. The SMILES string of the molecule is Nc1cccc(Br)c1C=NCC(F)(F)c1ccccc1. The van der Waals surface area contributed by atoms with Crippen LogP contribution in [-0.2, 0) is 5.92 Å². The van der Waals surface area contributed by atoms with Gasteiger partial charge in [0.1, 0.15) is 6.54 Å². The number of nitrogens with two attached hydrogens (primary N) is 1. The lowest BCUT2D eigenvalue weighted by Crippen LogP contribution is -2.17. The molecule has 2 N–H and O–H groups in total. The molecule has 2 aromatic carbocycles. The number of hydrogen-bond acceptors (Lipinski definition) is 2. The van der Waals surface area contributed by atoms with Gasteiger partial charge in [0.25, 0.3) is 5.92 Å². The predicted molar refractivity (Wildman–Crippen MR) is 81.4 cm³/mol. The molecule has 0 spiro atoms. The molecule has 0 aliphatic heterocycles. The lowest BCUT2D eigenvalue weighted by atomic mass is 10.1. The maximum absolute atomic E-state index is 13.9. The summed E-state index contributed by atoms with van der Waals surface area (Å²) in [5.41, 5.74) is 6.83. The number of aliphatic imine (C=N–C) groups is 1. The number of nitrogen functional groups attached to an aromatic ring is 1. The van der Waals surface area contributed by atoms with Crippen LogP contribution < -0.4 is 5.73 Å². The van der Waals surface area contributed by atoms with Crippen molar-refractivity contribution in [2.45, 2.75) is 5.92 Å². The molecule has 2 rings (SSSR count). The highest BCUT2D eigenvalue weighted by Crippen LogP contribution is 2.28. The summed E-state index contributed by atoms with van der Waals surface area (Å²) in [7, 11) is 0. The summed E-state index contributed by atoms with van der Waals surface area (Å²) in [5, 5.41) is 0. The minimum absolute atomic E-state index is 0.0442. The van der Waals surface area contributed by atoms with E-state index in [1.807, 2.05) is 0 Å². The molecule has 0 aliphatic rings. The van der Waals surface area contributed by atoms with E-state index in [1.54, 1.807) is 36.4 Å². The van der Waals surface area contributed by atoms with E-state index in [4.69, 9.17) is 5.73 Å². The number of hydrogen-bond donors (Lipinski definition) is 1. The van der Waals surface area contributed by atoms with Gasteiger partial charge in [-0.15, -0.1) is 0 Å². The van der Waals surface area contributed by atoms with Crippen LogP contribution in [0.15, 0.2) is 58.0 Å². The van der Waals surface area contributed by atoms with Gasteiger partial charge < -0.3 is 5.73 Å². The highest BCUT2D eigenvalue weighted by atomic mass is 79.9. The second-order valence-corrected chi connectivity index (χ2v) is 5.14. The largest absolute Gasteiger partial charge is 0.398 e. The molecule has 0 saturated carbocycles. The maximum Gasteiger partial charge on any atom is 0.292 e. The Bertz CT molecular complexity index is 592. The second kappa shape index (κ2) is 6.13. The Labute approximate surface area is 124 Å². The Kier molecular flexibility index (Phi) is 4.49. The zero-order valence-corrected chi connectivity index (χ0v) is 12.1. The van der Waals surface area contributed by atoms with Crippen molar-refractivity contribution < 1.29 is 8.78 Å². The molecule has 0 aliphatic carbocycles. The molecule has 0 aromatic heterocycles. The summed E-state index contributed by atoms with van der Waals surface area (Å²) >= 11 is 3.31. The van der Waals surface area contributed by atoms with Gasteiger partial charge in [-0.05, 0) is 12.1 Å². The summed E-state index contributed by atoms with van der Waals surface area (Å²) in [6.45, 7) is -0.613. The number of rotatable bonds is 4. The Balaban J connectivity index is 2.14. The number of nitrogens with zero attached hydrogens (tertiary/aromatic N) is 1. The van der Waals surface area contributed by atoms with Crippen molar-refractivity contribution in [3.05, 3.63) is 64.1 Å². The van der Waals surface area contributed by atoms with Crippen LogP contribution in [-0.4, -0.2) is 12.8 Å². The monoisotopic (exact) mass is 338 g/mol. The Morgan fingerprint density at radius 1 is 1.10 bits per heavy atom. The van der Waals surface area contributed by atoms with Crippen LogP contribution in [0.4, 0.5) is 14.5 Å². The number of anilines is 1. The molecule has 0 bridgehead atoms. The van der Waals surface area contributed by atoms with Crippen molar-refractivity contribution in [3.63, 3.8) is 0 Å². The fourth-order valence-electron chi connectivity index (χ4n) is 1.71. The summed E-state index contributed by atoms with van der Waals surface area (Å²) in [4.78, 5) is 3.83. The quantitative estimate of drug-likeness (QED) is 0.657.